The van der Waals surface area contributed by atoms with Gasteiger partial charge in [-0.3, -0.25) is 4.79 Å². The number of amides is 1. The van der Waals surface area contributed by atoms with Gasteiger partial charge in [-0.15, -0.1) is 0 Å². The van der Waals surface area contributed by atoms with Crippen LogP contribution in [-0.4, -0.2) is 23.0 Å². The fraction of sp³-hybridized carbons (Fsp3) is 0.579. The highest BCUT2D eigenvalue weighted by Crippen LogP contribution is 2.10. The minimum absolute atomic E-state index is 0.143. The Bertz CT molecular complexity index is 459. The molecule has 0 unspecified atom stereocenters. The molecule has 0 saturated carbocycles. The van der Waals surface area contributed by atoms with Gasteiger partial charge in [-0.25, -0.2) is 4.79 Å². The molecule has 0 aliphatic heterocycles. The Balaban J connectivity index is 2.03. The number of hydrogen-bond acceptors (Lipinski definition) is 2. The van der Waals surface area contributed by atoms with Gasteiger partial charge in [0.2, 0.25) is 5.91 Å². The number of carbonyl (C=O) groups excluding carboxylic acids is 1. The van der Waals surface area contributed by atoms with Crippen LogP contribution in [0.2, 0.25) is 0 Å². The van der Waals surface area contributed by atoms with Crippen LogP contribution in [-0.2, 0) is 16.0 Å². The Morgan fingerprint density at radius 1 is 1.04 bits per heavy atom. The molecule has 1 aromatic rings. The molecule has 0 aliphatic rings. The first-order chi connectivity index (χ1) is 11.1. The van der Waals surface area contributed by atoms with E-state index in [9.17, 15) is 9.59 Å². The predicted octanol–water partition coefficient (Wildman–Crippen LogP) is 3.94. The second-order valence-electron chi connectivity index (χ2n) is 6.00. The van der Waals surface area contributed by atoms with Crippen LogP contribution in [0.15, 0.2) is 30.3 Å². The molecule has 0 radical (unpaired) electrons. The second kappa shape index (κ2) is 11.7. The third kappa shape index (κ3) is 9.01. The number of rotatable bonds is 12. The summed E-state index contributed by atoms with van der Waals surface area (Å²) in [5.74, 6) is -1.09. The molecule has 0 heterocycles. The van der Waals surface area contributed by atoms with Crippen molar-refractivity contribution in [2.24, 2.45) is 0 Å². The number of nitrogens with one attached hydrogen (secondary N) is 1. The average Bonchev–Trinajstić information content (AvgIpc) is 2.54. The van der Waals surface area contributed by atoms with Gasteiger partial charge in [0, 0.05) is 6.42 Å². The van der Waals surface area contributed by atoms with Crippen LogP contribution < -0.4 is 5.32 Å². The SMILES string of the molecule is CCC[C@H](NC(=O)CCCCCCCc1ccccc1)C(=O)O. The number of aliphatic carboxylic acids is 1. The van der Waals surface area contributed by atoms with Crippen molar-refractivity contribution < 1.29 is 14.7 Å². The van der Waals surface area contributed by atoms with E-state index in [4.69, 9.17) is 5.11 Å². The van der Waals surface area contributed by atoms with Crippen molar-refractivity contribution in [1.82, 2.24) is 5.32 Å². The fourth-order valence-electron chi connectivity index (χ4n) is 2.60. The summed E-state index contributed by atoms with van der Waals surface area (Å²) in [7, 11) is 0. The zero-order valence-corrected chi connectivity index (χ0v) is 14.1. The fourth-order valence-corrected chi connectivity index (χ4v) is 2.60. The van der Waals surface area contributed by atoms with Gasteiger partial charge < -0.3 is 10.4 Å². The molecular formula is C19H29NO3. The lowest BCUT2D eigenvalue weighted by Gasteiger charge is -2.13. The number of hydrogen-bond donors (Lipinski definition) is 2. The summed E-state index contributed by atoms with van der Waals surface area (Å²) >= 11 is 0. The van der Waals surface area contributed by atoms with Crippen LogP contribution in [0.1, 0.15) is 63.9 Å². The van der Waals surface area contributed by atoms with Crippen LogP contribution >= 0.6 is 0 Å². The molecule has 1 aromatic carbocycles. The summed E-state index contributed by atoms with van der Waals surface area (Å²) in [5, 5.41) is 11.6. The lowest BCUT2D eigenvalue weighted by Crippen LogP contribution is -2.40. The number of benzene rings is 1. The van der Waals surface area contributed by atoms with E-state index < -0.39 is 12.0 Å². The molecule has 1 atom stereocenters. The van der Waals surface area contributed by atoms with Crippen LogP contribution in [0, 0.1) is 0 Å². The number of carbonyl (C=O) groups is 2. The van der Waals surface area contributed by atoms with Gasteiger partial charge in [-0.1, -0.05) is 62.9 Å². The predicted molar refractivity (Wildman–Crippen MR) is 92.3 cm³/mol. The first kappa shape index (κ1) is 19.2. The molecule has 2 N–H and O–H groups in total. The molecular weight excluding hydrogens is 290 g/mol. The standard InChI is InChI=1S/C19H29NO3/c1-2-11-17(19(22)23)20-18(21)15-10-5-3-4-7-12-16-13-8-6-9-14-16/h6,8-9,13-14,17H,2-5,7,10-12,15H2,1H3,(H,20,21)(H,22,23)/t17-/m0/s1. The van der Waals surface area contributed by atoms with Gasteiger partial charge in [-0.2, -0.15) is 0 Å². The molecule has 0 aromatic heterocycles. The van der Waals surface area contributed by atoms with E-state index in [1.165, 1.54) is 18.4 Å². The zero-order valence-electron chi connectivity index (χ0n) is 14.1. The molecule has 4 nitrogen and oxygen atoms in total. The maximum absolute atomic E-state index is 11.7. The maximum Gasteiger partial charge on any atom is 0.326 e. The van der Waals surface area contributed by atoms with Crippen molar-refractivity contribution >= 4 is 11.9 Å². The van der Waals surface area contributed by atoms with E-state index in [1.807, 2.05) is 13.0 Å². The number of aryl methyl sites for hydroxylation is 1. The first-order valence-corrected chi connectivity index (χ1v) is 8.69. The van der Waals surface area contributed by atoms with Crippen LogP contribution in [0.25, 0.3) is 0 Å². The average molecular weight is 319 g/mol. The van der Waals surface area contributed by atoms with Gasteiger partial charge >= 0.3 is 5.97 Å². The monoisotopic (exact) mass is 319 g/mol. The van der Waals surface area contributed by atoms with Crippen LogP contribution in [0.4, 0.5) is 0 Å². The lowest BCUT2D eigenvalue weighted by atomic mass is 10.0. The summed E-state index contributed by atoms with van der Waals surface area (Å²) in [4.78, 5) is 22.7. The Labute approximate surface area is 139 Å². The first-order valence-electron chi connectivity index (χ1n) is 8.69. The van der Waals surface area contributed by atoms with Crippen LogP contribution in [0.5, 0.6) is 0 Å². The Morgan fingerprint density at radius 3 is 2.35 bits per heavy atom. The zero-order chi connectivity index (χ0) is 16.9. The molecule has 128 valence electrons. The smallest absolute Gasteiger partial charge is 0.326 e. The molecule has 0 aliphatic carbocycles. The normalized spacial score (nSPS) is 11.9. The van der Waals surface area contributed by atoms with Gasteiger partial charge in [-0.05, 0) is 31.2 Å². The molecule has 0 spiro atoms. The van der Waals surface area contributed by atoms with Crippen molar-refractivity contribution in [3.8, 4) is 0 Å². The van der Waals surface area contributed by atoms with E-state index in [2.05, 4.69) is 29.6 Å². The highest BCUT2D eigenvalue weighted by molar-refractivity contribution is 5.83. The van der Waals surface area contributed by atoms with E-state index in [1.54, 1.807) is 0 Å². The molecule has 0 fully saturated rings. The van der Waals surface area contributed by atoms with Crippen molar-refractivity contribution in [1.29, 1.82) is 0 Å². The maximum atomic E-state index is 11.7. The molecule has 0 bridgehead atoms. The van der Waals surface area contributed by atoms with Crippen molar-refractivity contribution in [3.63, 3.8) is 0 Å². The third-order valence-corrected chi connectivity index (χ3v) is 3.92. The van der Waals surface area contributed by atoms with Gasteiger partial charge in [0.15, 0.2) is 0 Å². The highest BCUT2D eigenvalue weighted by Gasteiger charge is 2.18. The van der Waals surface area contributed by atoms with Gasteiger partial charge in [0.05, 0.1) is 0 Å². The topological polar surface area (TPSA) is 66.4 Å². The van der Waals surface area contributed by atoms with Crippen molar-refractivity contribution in [2.75, 3.05) is 0 Å². The van der Waals surface area contributed by atoms with E-state index in [0.29, 0.717) is 12.8 Å². The third-order valence-electron chi connectivity index (χ3n) is 3.92. The second-order valence-corrected chi connectivity index (χ2v) is 6.00. The summed E-state index contributed by atoms with van der Waals surface area (Å²) < 4.78 is 0. The summed E-state index contributed by atoms with van der Waals surface area (Å²) in [6.07, 6.45) is 8.09. The molecule has 0 saturated heterocycles. The van der Waals surface area contributed by atoms with Crippen LogP contribution in [0.3, 0.4) is 0 Å². The Kier molecular flexibility index (Phi) is 9.76. The van der Waals surface area contributed by atoms with Gasteiger partial charge in [0.25, 0.3) is 0 Å². The quantitative estimate of drug-likeness (QED) is 0.573. The van der Waals surface area contributed by atoms with Crippen molar-refractivity contribution in [3.05, 3.63) is 35.9 Å². The summed E-state index contributed by atoms with van der Waals surface area (Å²) in [5.41, 5.74) is 1.38. The van der Waals surface area contributed by atoms with Crippen molar-refractivity contribution in [2.45, 2.75) is 70.8 Å². The van der Waals surface area contributed by atoms with E-state index in [0.717, 1.165) is 32.1 Å². The van der Waals surface area contributed by atoms with E-state index in [-0.39, 0.29) is 5.91 Å². The summed E-state index contributed by atoms with van der Waals surface area (Å²) in [6.45, 7) is 1.91. The number of carboxylic acids is 1. The minimum atomic E-state index is -0.943. The summed E-state index contributed by atoms with van der Waals surface area (Å²) in [6, 6.07) is 9.73. The molecule has 23 heavy (non-hydrogen) atoms. The molecule has 4 heteroatoms. The molecule has 1 rings (SSSR count). The van der Waals surface area contributed by atoms with E-state index >= 15 is 0 Å². The highest BCUT2D eigenvalue weighted by atomic mass is 16.4. The minimum Gasteiger partial charge on any atom is -0.480 e. The Morgan fingerprint density at radius 2 is 1.70 bits per heavy atom. The number of unbranched alkanes of at least 4 members (excludes halogenated alkanes) is 4. The Hall–Kier alpha value is -1.84. The van der Waals surface area contributed by atoms with Gasteiger partial charge in [0.1, 0.15) is 6.04 Å². The lowest BCUT2D eigenvalue weighted by molar-refractivity contribution is -0.142. The molecule has 1 amide bonds. The number of carboxylic acid groups (broad SMARTS) is 1. The largest absolute Gasteiger partial charge is 0.480 e.